The highest BCUT2D eigenvalue weighted by Gasteiger charge is 2.22. The van der Waals surface area contributed by atoms with Crippen molar-refractivity contribution in [3.05, 3.63) is 52.1 Å². The first kappa shape index (κ1) is 18.5. The maximum absolute atomic E-state index is 13.0. The highest BCUT2D eigenvalue weighted by atomic mass is 16.3. The van der Waals surface area contributed by atoms with Crippen LogP contribution in [0.3, 0.4) is 0 Å². The van der Waals surface area contributed by atoms with Gasteiger partial charge in [0.25, 0.3) is 5.56 Å². The lowest BCUT2D eigenvalue weighted by atomic mass is 10.0. The molecule has 1 amide bonds. The quantitative estimate of drug-likeness (QED) is 0.479. The third kappa shape index (κ3) is 4.17. The summed E-state index contributed by atoms with van der Waals surface area (Å²) in [6.45, 7) is 4.05. The van der Waals surface area contributed by atoms with Crippen LogP contribution in [-0.2, 0) is 11.2 Å². The third-order valence-electron chi connectivity index (χ3n) is 4.06. The zero-order chi connectivity index (χ0) is 18.2. The predicted molar refractivity (Wildman–Crippen MR) is 96.5 cm³/mol. The Morgan fingerprint density at radius 2 is 2.00 bits per heavy atom. The summed E-state index contributed by atoms with van der Waals surface area (Å²) in [6, 6.07) is 9.51. The van der Waals surface area contributed by atoms with Gasteiger partial charge in [-0.1, -0.05) is 50.6 Å². The first-order valence-electron chi connectivity index (χ1n) is 8.48. The van der Waals surface area contributed by atoms with Crippen molar-refractivity contribution >= 4 is 12.1 Å². The van der Waals surface area contributed by atoms with E-state index in [1.807, 2.05) is 37.3 Å². The number of carbonyl (C=O) groups excluding carboxylic acids is 1. The zero-order valence-electron chi connectivity index (χ0n) is 14.5. The summed E-state index contributed by atoms with van der Waals surface area (Å²) in [5, 5.41) is 10.1. The van der Waals surface area contributed by atoms with E-state index in [-0.39, 0.29) is 11.7 Å². The number of benzene rings is 1. The minimum Gasteiger partial charge on any atom is -0.492 e. The molecule has 0 aliphatic heterocycles. The molecule has 1 aromatic heterocycles. The molecule has 3 N–H and O–H groups in total. The molecule has 0 unspecified atom stereocenters. The average Bonchev–Trinajstić information content (AvgIpc) is 2.63. The summed E-state index contributed by atoms with van der Waals surface area (Å²) in [5.41, 5.74) is 5.05. The molecule has 1 atom stereocenters. The van der Waals surface area contributed by atoms with Gasteiger partial charge in [0.15, 0.2) is 5.69 Å². The fraction of sp³-hybridized carbons (Fsp3) is 0.389. The number of amides is 1. The summed E-state index contributed by atoms with van der Waals surface area (Å²) in [7, 11) is 0. The second-order valence-corrected chi connectivity index (χ2v) is 5.73. The van der Waals surface area contributed by atoms with Gasteiger partial charge in [-0.05, 0) is 18.4 Å². The number of aromatic hydroxyl groups is 1. The van der Waals surface area contributed by atoms with E-state index in [9.17, 15) is 14.7 Å². The van der Waals surface area contributed by atoms with Gasteiger partial charge in [-0.15, -0.1) is 0 Å². The fourth-order valence-electron chi connectivity index (χ4n) is 2.85. The van der Waals surface area contributed by atoms with Crippen molar-refractivity contribution in [2.75, 3.05) is 5.43 Å². The molecule has 0 saturated carbocycles. The van der Waals surface area contributed by atoms with Crippen molar-refractivity contribution < 1.29 is 9.90 Å². The number of unbranched alkanes of at least 4 members (excludes halogenated alkanes) is 1. The van der Waals surface area contributed by atoms with Crippen LogP contribution in [-0.4, -0.2) is 21.1 Å². The van der Waals surface area contributed by atoms with Crippen LogP contribution in [0, 0.1) is 0 Å². The molecule has 0 radical (unpaired) electrons. The van der Waals surface area contributed by atoms with Gasteiger partial charge in [0.05, 0.1) is 6.04 Å². The summed E-state index contributed by atoms with van der Waals surface area (Å²) in [6.07, 6.45) is 3.48. The van der Waals surface area contributed by atoms with Crippen LogP contribution in [0.4, 0.5) is 5.69 Å². The molecule has 2 aromatic rings. The number of nitrogens with one attached hydrogen (secondary N) is 2. The number of anilines is 1. The van der Waals surface area contributed by atoms with Crippen molar-refractivity contribution in [1.82, 2.24) is 15.0 Å². The zero-order valence-corrected chi connectivity index (χ0v) is 14.5. The Morgan fingerprint density at radius 1 is 1.28 bits per heavy atom. The molecule has 0 saturated heterocycles. The van der Waals surface area contributed by atoms with E-state index in [0.717, 1.165) is 18.4 Å². The Morgan fingerprint density at radius 3 is 2.60 bits per heavy atom. The number of rotatable bonds is 9. The van der Waals surface area contributed by atoms with Crippen LogP contribution in [0.15, 0.2) is 35.1 Å². The molecule has 25 heavy (non-hydrogen) atoms. The van der Waals surface area contributed by atoms with Crippen molar-refractivity contribution in [1.29, 1.82) is 0 Å². The lowest BCUT2D eigenvalue weighted by molar-refractivity contribution is -0.109. The molecule has 7 heteroatoms. The molecule has 2 rings (SSSR count). The molecule has 0 fully saturated rings. The molecule has 1 heterocycles. The smallest absolute Gasteiger partial charge is 0.283 e. The van der Waals surface area contributed by atoms with E-state index < -0.39 is 11.4 Å². The minimum atomic E-state index is -0.413. The number of hydrazine groups is 1. The average molecular weight is 344 g/mol. The molecule has 0 spiro atoms. The van der Waals surface area contributed by atoms with Crippen LogP contribution in [0.1, 0.15) is 50.5 Å². The van der Waals surface area contributed by atoms with Crippen molar-refractivity contribution in [3.63, 3.8) is 0 Å². The maximum atomic E-state index is 13.0. The number of aromatic nitrogens is 2. The van der Waals surface area contributed by atoms with E-state index in [4.69, 9.17) is 0 Å². The minimum absolute atomic E-state index is 0.137. The number of nitrogens with zero attached hydrogens (tertiary/aromatic N) is 2. The fourth-order valence-corrected chi connectivity index (χ4v) is 2.85. The summed E-state index contributed by atoms with van der Waals surface area (Å²) in [4.78, 5) is 27.7. The van der Waals surface area contributed by atoms with Crippen LogP contribution in [0.5, 0.6) is 5.88 Å². The largest absolute Gasteiger partial charge is 0.492 e. The van der Waals surface area contributed by atoms with E-state index >= 15 is 0 Å². The number of aryl methyl sites for hydroxylation is 1. The normalized spacial score (nSPS) is 11.8. The standard InChI is InChI=1S/C18H24N4O3/c1-3-5-11-15-20-17(24)16(21-19-12-23)18(25)22(15)14(4-2)13-9-7-6-8-10-13/h6-10,12,14,21,24H,3-5,11H2,1-2H3,(H,19,23)/t14-/m0/s1. The first-order valence-corrected chi connectivity index (χ1v) is 8.48. The molecule has 1 aromatic carbocycles. The Kier molecular flexibility index (Phi) is 6.56. The van der Waals surface area contributed by atoms with Crippen molar-refractivity contribution in [2.24, 2.45) is 0 Å². The molecular weight excluding hydrogens is 320 g/mol. The second kappa shape index (κ2) is 8.86. The van der Waals surface area contributed by atoms with Gasteiger partial charge in [0.1, 0.15) is 5.82 Å². The number of hydrogen-bond donors (Lipinski definition) is 3. The monoisotopic (exact) mass is 344 g/mol. The Balaban J connectivity index is 2.61. The number of carbonyl (C=O) groups is 1. The van der Waals surface area contributed by atoms with Crippen molar-refractivity contribution in [2.45, 2.75) is 45.6 Å². The van der Waals surface area contributed by atoms with Crippen LogP contribution >= 0.6 is 0 Å². The maximum Gasteiger partial charge on any atom is 0.283 e. The van der Waals surface area contributed by atoms with E-state index in [1.165, 1.54) is 0 Å². The highest BCUT2D eigenvalue weighted by molar-refractivity contribution is 5.56. The van der Waals surface area contributed by atoms with Gasteiger partial charge in [-0.3, -0.25) is 25.0 Å². The van der Waals surface area contributed by atoms with Gasteiger partial charge >= 0.3 is 0 Å². The summed E-state index contributed by atoms with van der Waals surface area (Å²) in [5.74, 6) is 0.126. The van der Waals surface area contributed by atoms with Gasteiger partial charge in [0.2, 0.25) is 12.3 Å². The van der Waals surface area contributed by atoms with E-state index in [1.54, 1.807) is 4.57 Å². The topological polar surface area (TPSA) is 96.2 Å². The van der Waals surface area contributed by atoms with Gasteiger partial charge in [-0.25, -0.2) is 0 Å². The Hall–Kier alpha value is -2.83. The summed E-state index contributed by atoms with van der Waals surface area (Å²) < 4.78 is 1.61. The lowest BCUT2D eigenvalue weighted by Crippen LogP contribution is -2.34. The Labute approximate surface area is 146 Å². The third-order valence-corrected chi connectivity index (χ3v) is 4.06. The van der Waals surface area contributed by atoms with Crippen molar-refractivity contribution in [3.8, 4) is 5.88 Å². The van der Waals surface area contributed by atoms with Gasteiger partial charge < -0.3 is 5.11 Å². The molecule has 0 bridgehead atoms. The van der Waals surface area contributed by atoms with Gasteiger partial charge in [-0.2, -0.15) is 4.98 Å². The highest BCUT2D eigenvalue weighted by Crippen LogP contribution is 2.25. The molecule has 0 aliphatic rings. The predicted octanol–water partition coefficient (Wildman–Crippen LogP) is 2.36. The number of hydrogen-bond acceptors (Lipinski definition) is 5. The van der Waals surface area contributed by atoms with Crippen LogP contribution in [0.25, 0.3) is 0 Å². The molecule has 134 valence electrons. The molecule has 7 nitrogen and oxygen atoms in total. The van der Waals surface area contributed by atoms with E-state index in [2.05, 4.69) is 22.8 Å². The lowest BCUT2D eigenvalue weighted by Gasteiger charge is -2.23. The van der Waals surface area contributed by atoms with E-state index in [0.29, 0.717) is 25.1 Å². The second-order valence-electron chi connectivity index (χ2n) is 5.73. The SMILES string of the molecule is CCCCc1nc(O)c(NNC=O)c(=O)n1[C@@H](CC)c1ccccc1. The van der Waals surface area contributed by atoms with Crippen LogP contribution in [0.2, 0.25) is 0 Å². The molecular formula is C18H24N4O3. The molecule has 0 aliphatic carbocycles. The Bertz CT molecular complexity index is 759. The van der Waals surface area contributed by atoms with Gasteiger partial charge in [0, 0.05) is 6.42 Å². The summed E-state index contributed by atoms with van der Waals surface area (Å²) >= 11 is 0. The first-order chi connectivity index (χ1) is 12.1. The van der Waals surface area contributed by atoms with Crippen LogP contribution < -0.4 is 16.4 Å².